The fraction of sp³-hybridized carbons (Fsp3) is 0.269. The summed E-state index contributed by atoms with van der Waals surface area (Å²) in [5.74, 6) is -0.853. The summed E-state index contributed by atoms with van der Waals surface area (Å²) >= 11 is 7.30. The monoisotopic (exact) mass is 591 g/mol. The molecule has 14 heteroatoms. The third-order valence-electron chi connectivity index (χ3n) is 5.66. The average molecular weight is 592 g/mol. The highest BCUT2D eigenvalue weighted by molar-refractivity contribution is 7.19. The van der Waals surface area contributed by atoms with Gasteiger partial charge in [-0.15, -0.1) is 5.10 Å². The van der Waals surface area contributed by atoms with Crippen molar-refractivity contribution in [1.82, 2.24) is 25.3 Å². The van der Waals surface area contributed by atoms with Gasteiger partial charge in [0.25, 0.3) is 5.91 Å². The molecule has 0 bridgehead atoms. The van der Waals surface area contributed by atoms with E-state index in [-0.39, 0.29) is 35.3 Å². The number of nitrogens with one attached hydrogen (secondary N) is 3. The Hall–Kier alpha value is -3.81. The highest BCUT2D eigenvalue weighted by Crippen LogP contribution is 2.38. The van der Waals surface area contributed by atoms with Crippen molar-refractivity contribution in [2.75, 3.05) is 10.6 Å². The van der Waals surface area contributed by atoms with Gasteiger partial charge in [0.2, 0.25) is 5.91 Å². The molecule has 0 aliphatic carbocycles. The van der Waals surface area contributed by atoms with Crippen molar-refractivity contribution in [3.63, 3.8) is 0 Å². The average Bonchev–Trinajstić information content (AvgIpc) is 3.53. The van der Waals surface area contributed by atoms with E-state index in [4.69, 9.17) is 11.6 Å². The van der Waals surface area contributed by atoms with Crippen molar-refractivity contribution in [2.45, 2.75) is 46.5 Å². The molecule has 0 atom stereocenters. The summed E-state index contributed by atoms with van der Waals surface area (Å²) in [5.41, 5.74) is 1.19. The van der Waals surface area contributed by atoms with Gasteiger partial charge in [-0.1, -0.05) is 48.1 Å². The third-order valence-corrected chi connectivity index (χ3v) is 7.05. The van der Waals surface area contributed by atoms with Gasteiger partial charge < -0.3 is 16.0 Å². The minimum Gasteiger partial charge on any atom is -0.322 e. The van der Waals surface area contributed by atoms with Gasteiger partial charge in [-0.05, 0) is 42.3 Å². The number of alkyl halides is 3. The summed E-state index contributed by atoms with van der Waals surface area (Å²) in [7, 11) is 0. The van der Waals surface area contributed by atoms with Gasteiger partial charge in [-0.25, -0.2) is 9.67 Å². The Labute approximate surface area is 236 Å². The van der Waals surface area contributed by atoms with Gasteiger partial charge >= 0.3 is 6.18 Å². The molecule has 0 aliphatic heterocycles. The quantitative estimate of drug-likeness (QED) is 0.229. The van der Waals surface area contributed by atoms with Gasteiger partial charge in [-0.2, -0.15) is 13.2 Å². The number of amides is 2. The fourth-order valence-corrected chi connectivity index (χ4v) is 4.80. The summed E-state index contributed by atoms with van der Waals surface area (Å²) in [5, 5.41) is 16.5. The lowest BCUT2D eigenvalue weighted by Crippen LogP contribution is -2.23. The number of aryl methyl sites for hydroxylation is 1. The topological polar surface area (TPSA) is 114 Å². The fourth-order valence-electron chi connectivity index (χ4n) is 3.70. The van der Waals surface area contributed by atoms with E-state index in [1.165, 1.54) is 29.0 Å². The summed E-state index contributed by atoms with van der Waals surface area (Å²) in [4.78, 5) is 29.2. The number of nitrogens with zero attached hydrogens (tertiary/aromatic N) is 4. The van der Waals surface area contributed by atoms with Crippen LogP contribution in [-0.4, -0.2) is 37.8 Å². The van der Waals surface area contributed by atoms with Crippen LogP contribution in [0.4, 0.5) is 24.0 Å². The second kappa shape index (κ2) is 11.7. The van der Waals surface area contributed by atoms with E-state index in [0.717, 1.165) is 11.6 Å². The van der Waals surface area contributed by atoms with E-state index < -0.39 is 22.7 Å². The molecule has 40 heavy (non-hydrogen) atoms. The summed E-state index contributed by atoms with van der Waals surface area (Å²) in [6.07, 6.45) is -1.49. The molecule has 0 saturated carbocycles. The maximum absolute atomic E-state index is 13.7. The smallest absolute Gasteiger partial charge is 0.322 e. The Morgan fingerprint density at radius 2 is 1.90 bits per heavy atom. The van der Waals surface area contributed by atoms with Gasteiger partial charge in [0.15, 0.2) is 5.13 Å². The first kappa shape index (κ1) is 29.2. The summed E-state index contributed by atoms with van der Waals surface area (Å²) < 4.78 is 42.5. The van der Waals surface area contributed by atoms with Gasteiger partial charge in [-0.3, -0.25) is 9.59 Å². The number of aromatic nitrogens is 4. The lowest BCUT2D eigenvalue weighted by molar-refractivity contribution is -0.137. The minimum atomic E-state index is -4.70. The van der Waals surface area contributed by atoms with Crippen LogP contribution in [0.5, 0.6) is 0 Å². The standard InChI is InChI=1S/C26H25ClF3N7O2S/c1-13(2)31-10-17-7-18(9-19(23(17)27)26(28,29)30)34-24(39)16-6-5-14(3)21(8-16)37-12-20(35-36-37)22-11-32-25(40-22)33-15(4)38/h5-9,11-13,31H,10H2,1-4H3,(H,34,39)(H,32,33,38). The first-order valence-corrected chi connectivity index (χ1v) is 13.2. The number of thiazole rings is 1. The number of carbonyl (C=O) groups is 2. The van der Waals surface area contributed by atoms with Crippen LogP contribution in [0.1, 0.15) is 47.8 Å². The highest BCUT2D eigenvalue weighted by Gasteiger charge is 2.35. The van der Waals surface area contributed by atoms with Crippen LogP contribution in [0.3, 0.4) is 0 Å². The van der Waals surface area contributed by atoms with Crippen molar-refractivity contribution < 1.29 is 22.8 Å². The van der Waals surface area contributed by atoms with E-state index >= 15 is 0 Å². The lowest BCUT2D eigenvalue weighted by atomic mass is 10.1. The number of hydrogen-bond acceptors (Lipinski definition) is 7. The molecule has 0 fully saturated rings. The normalized spacial score (nSPS) is 11.6. The molecule has 2 amide bonds. The Balaban J connectivity index is 1.60. The second-order valence-corrected chi connectivity index (χ2v) is 10.7. The van der Waals surface area contributed by atoms with Crippen LogP contribution >= 0.6 is 22.9 Å². The highest BCUT2D eigenvalue weighted by atomic mass is 35.5. The Morgan fingerprint density at radius 3 is 2.58 bits per heavy atom. The maximum Gasteiger partial charge on any atom is 0.417 e. The van der Waals surface area contributed by atoms with Crippen LogP contribution in [0.15, 0.2) is 42.7 Å². The summed E-state index contributed by atoms with van der Waals surface area (Å²) in [6, 6.07) is 7.10. The molecule has 0 spiro atoms. The number of benzene rings is 2. The Bertz CT molecular complexity index is 1570. The Morgan fingerprint density at radius 1 is 1.15 bits per heavy atom. The van der Waals surface area contributed by atoms with Gasteiger partial charge in [0, 0.05) is 37.0 Å². The molecular weight excluding hydrogens is 567 g/mol. The Kier molecular flexibility index (Phi) is 8.57. The minimum absolute atomic E-state index is 0.0160. The molecule has 4 aromatic rings. The van der Waals surface area contributed by atoms with Gasteiger partial charge in [0.05, 0.1) is 27.3 Å². The maximum atomic E-state index is 13.7. The molecule has 0 saturated heterocycles. The molecule has 210 valence electrons. The van der Waals surface area contributed by atoms with E-state index in [0.29, 0.717) is 21.4 Å². The van der Waals surface area contributed by atoms with Crippen molar-refractivity contribution in [2.24, 2.45) is 0 Å². The molecular formula is C26H25ClF3N7O2S. The molecule has 3 N–H and O–H groups in total. The van der Waals surface area contributed by atoms with E-state index in [1.54, 1.807) is 30.6 Å². The first-order chi connectivity index (χ1) is 18.8. The van der Waals surface area contributed by atoms with Crippen LogP contribution in [0, 0.1) is 6.92 Å². The summed E-state index contributed by atoms with van der Waals surface area (Å²) in [6.45, 7) is 7.02. The van der Waals surface area contributed by atoms with Crippen molar-refractivity contribution in [1.29, 1.82) is 0 Å². The zero-order valence-corrected chi connectivity index (χ0v) is 23.4. The van der Waals surface area contributed by atoms with Crippen LogP contribution in [0.2, 0.25) is 5.02 Å². The van der Waals surface area contributed by atoms with E-state index in [9.17, 15) is 22.8 Å². The number of anilines is 2. The van der Waals surface area contributed by atoms with Crippen LogP contribution in [-0.2, 0) is 17.5 Å². The molecule has 4 rings (SSSR count). The molecule has 0 aliphatic rings. The first-order valence-electron chi connectivity index (χ1n) is 12.0. The van der Waals surface area contributed by atoms with Gasteiger partial charge in [0.1, 0.15) is 5.69 Å². The predicted octanol–water partition coefficient (Wildman–Crippen LogP) is 6.08. The van der Waals surface area contributed by atoms with Crippen molar-refractivity contribution in [3.8, 4) is 16.3 Å². The zero-order chi connectivity index (χ0) is 29.2. The number of halogens is 4. The van der Waals surface area contributed by atoms with Crippen LogP contribution < -0.4 is 16.0 Å². The molecule has 9 nitrogen and oxygen atoms in total. The zero-order valence-electron chi connectivity index (χ0n) is 21.9. The van der Waals surface area contributed by atoms with E-state index in [1.807, 2.05) is 20.8 Å². The predicted molar refractivity (Wildman–Crippen MR) is 148 cm³/mol. The number of hydrogen-bond donors (Lipinski definition) is 3. The molecule has 2 heterocycles. The number of rotatable bonds is 8. The molecule has 0 unspecified atom stereocenters. The lowest BCUT2D eigenvalue weighted by Gasteiger charge is -2.17. The van der Waals surface area contributed by atoms with Crippen molar-refractivity contribution in [3.05, 3.63) is 70.0 Å². The molecule has 2 aromatic heterocycles. The van der Waals surface area contributed by atoms with Crippen LogP contribution in [0.25, 0.3) is 16.3 Å². The van der Waals surface area contributed by atoms with E-state index in [2.05, 4.69) is 31.2 Å². The molecule has 0 radical (unpaired) electrons. The van der Waals surface area contributed by atoms with Crippen molar-refractivity contribution >= 4 is 45.6 Å². The third kappa shape index (κ3) is 6.84. The number of carbonyl (C=O) groups excluding carboxylic acids is 2. The second-order valence-electron chi connectivity index (χ2n) is 9.24. The largest absolute Gasteiger partial charge is 0.417 e. The SMILES string of the molecule is CC(=O)Nc1ncc(-c2cn(-c3cc(C(=O)Nc4cc(CNC(C)C)c(Cl)c(C(F)(F)F)c4)ccc3C)nn2)s1. The molecule has 2 aromatic carbocycles.